The van der Waals surface area contributed by atoms with Gasteiger partial charge in [-0.05, 0) is 19.1 Å². The molecule has 0 saturated heterocycles. The van der Waals surface area contributed by atoms with E-state index >= 15 is 0 Å². The Morgan fingerprint density at radius 2 is 2.12 bits per heavy atom. The first kappa shape index (κ1) is 14.4. The van der Waals surface area contributed by atoms with Crippen molar-refractivity contribution >= 4 is 5.97 Å². The summed E-state index contributed by atoms with van der Waals surface area (Å²) < 4.78 is 9.86. The van der Waals surface area contributed by atoms with E-state index in [-0.39, 0.29) is 12.4 Å². The van der Waals surface area contributed by atoms with Gasteiger partial charge >= 0.3 is 5.97 Å². The fourth-order valence-electron chi connectivity index (χ4n) is 1.09. The highest BCUT2D eigenvalue weighted by molar-refractivity contribution is 5.72. The van der Waals surface area contributed by atoms with Gasteiger partial charge in [-0.25, -0.2) is 0 Å². The molecule has 0 aliphatic heterocycles. The number of nitrogens with zero attached hydrogens (tertiary/aromatic N) is 1. The molecular formula is C12H19NO3. The Kier molecular flexibility index (Phi) is 7.85. The van der Waals surface area contributed by atoms with Crippen LogP contribution >= 0.6 is 0 Å². The van der Waals surface area contributed by atoms with Crippen molar-refractivity contribution in [1.29, 1.82) is 0 Å². The maximum atomic E-state index is 11.2. The second-order valence-corrected chi connectivity index (χ2v) is 2.63. The first-order chi connectivity index (χ1) is 7.77. The van der Waals surface area contributed by atoms with Crippen LogP contribution in [0.15, 0.2) is 18.3 Å². The molecule has 0 fully saturated rings. The standard InChI is InChI=1S/C10H13NO3.C2H6/c1-3-14-10(12)7-8-9(13-2)5-4-6-11-8;1-2/h4-6H,3,7H2,1-2H3;1-2H3. The Balaban J connectivity index is 0.00000106. The summed E-state index contributed by atoms with van der Waals surface area (Å²) in [7, 11) is 1.55. The minimum atomic E-state index is -0.287. The summed E-state index contributed by atoms with van der Waals surface area (Å²) in [5.41, 5.74) is 0.605. The van der Waals surface area contributed by atoms with E-state index in [1.54, 1.807) is 32.4 Å². The lowest BCUT2D eigenvalue weighted by Crippen LogP contribution is -2.09. The third-order valence-corrected chi connectivity index (χ3v) is 1.69. The molecule has 0 aromatic carbocycles. The van der Waals surface area contributed by atoms with Crippen LogP contribution in [0.2, 0.25) is 0 Å². The molecule has 0 radical (unpaired) electrons. The first-order valence-corrected chi connectivity index (χ1v) is 5.41. The third-order valence-electron chi connectivity index (χ3n) is 1.69. The van der Waals surface area contributed by atoms with Crippen LogP contribution in [0.5, 0.6) is 5.75 Å². The first-order valence-electron chi connectivity index (χ1n) is 5.41. The van der Waals surface area contributed by atoms with Crippen LogP contribution in [0.3, 0.4) is 0 Å². The molecule has 0 saturated carbocycles. The fraction of sp³-hybridized carbons (Fsp3) is 0.500. The molecule has 0 bridgehead atoms. The molecule has 1 aromatic rings. The molecule has 0 aliphatic rings. The number of hydrogen-bond acceptors (Lipinski definition) is 4. The molecule has 0 N–H and O–H groups in total. The topological polar surface area (TPSA) is 48.4 Å². The average molecular weight is 225 g/mol. The van der Waals surface area contributed by atoms with Gasteiger partial charge in [0.05, 0.1) is 25.8 Å². The van der Waals surface area contributed by atoms with Gasteiger partial charge in [0.1, 0.15) is 5.75 Å². The van der Waals surface area contributed by atoms with Gasteiger partial charge in [-0.3, -0.25) is 9.78 Å². The van der Waals surface area contributed by atoms with Crippen molar-refractivity contribution in [3.8, 4) is 5.75 Å². The van der Waals surface area contributed by atoms with Crippen molar-refractivity contribution < 1.29 is 14.3 Å². The predicted molar refractivity (Wildman–Crippen MR) is 62.5 cm³/mol. The van der Waals surface area contributed by atoms with Crippen LogP contribution in [0.4, 0.5) is 0 Å². The Bertz CT molecular complexity index is 313. The number of esters is 1. The highest BCUT2D eigenvalue weighted by atomic mass is 16.5. The molecule has 4 nitrogen and oxygen atoms in total. The summed E-state index contributed by atoms with van der Waals surface area (Å²) in [6.07, 6.45) is 1.77. The zero-order valence-corrected chi connectivity index (χ0v) is 10.3. The van der Waals surface area contributed by atoms with Crippen molar-refractivity contribution in [2.45, 2.75) is 27.2 Å². The van der Waals surface area contributed by atoms with Crippen LogP contribution in [-0.2, 0) is 16.0 Å². The van der Waals surface area contributed by atoms with E-state index < -0.39 is 0 Å². The molecule has 1 rings (SSSR count). The SMILES string of the molecule is CC.CCOC(=O)Cc1ncccc1OC. The molecular weight excluding hydrogens is 206 g/mol. The molecule has 90 valence electrons. The van der Waals surface area contributed by atoms with E-state index in [0.717, 1.165) is 0 Å². The molecule has 0 atom stereocenters. The van der Waals surface area contributed by atoms with Crippen molar-refractivity contribution in [1.82, 2.24) is 4.98 Å². The minimum Gasteiger partial charge on any atom is -0.495 e. The van der Waals surface area contributed by atoms with Crippen molar-refractivity contribution in [2.75, 3.05) is 13.7 Å². The maximum Gasteiger partial charge on any atom is 0.312 e. The van der Waals surface area contributed by atoms with E-state index in [1.807, 2.05) is 13.8 Å². The Morgan fingerprint density at radius 3 is 2.69 bits per heavy atom. The lowest BCUT2D eigenvalue weighted by molar-refractivity contribution is -0.142. The molecule has 0 aliphatic carbocycles. The van der Waals surface area contributed by atoms with Crippen LogP contribution < -0.4 is 4.74 Å². The third kappa shape index (κ3) is 4.77. The van der Waals surface area contributed by atoms with Gasteiger partial charge in [-0.1, -0.05) is 13.8 Å². The summed E-state index contributed by atoms with van der Waals surface area (Å²) in [4.78, 5) is 15.2. The van der Waals surface area contributed by atoms with E-state index in [1.165, 1.54) is 0 Å². The lowest BCUT2D eigenvalue weighted by Gasteiger charge is -2.05. The Morgan fingerprint density at radius 1 is 1.44 bits per heavy atom. The van der Waals surface area contributed by atoms with E-state index in [0.29, 0.717) is 18.1 Å². The number of carbonyl (C=O) groups is 1. The van der Waals surface area contributed by atoms with Crippen LogP contribution in [0.1, 0.15) is 26.5 Å². The van der Waals surface area contributed by atoms with E-state index in [9.17, 15) is 4.79 Å². The number of ether oxygens (including phenoxy) is 2. The molecule has 16 heavy (non-hydrogen) atoms. The molecule has 1 aromatic heterocycles. The van der Waals surface area contributed by atoms with Crippen molar-refractivity contribution in [3.05, 3.63) is 24.0 Å². The summed E-state index contributed by atoms with van der Waals surface area (Å²) in [6.45, 7) is 6.15. The molecule has 1 heterocycles. The van der Waals surface area contributed by atoms with Gasteiger partial charge in [0, 0.05) is 6.20 Å². The fourth-order valence-corrected chi connectivity index (χ4v) is 1.09. The zero-order valence-electron chi connectivity index (χ0n) is 10.3. The monoisotopic (exact) mass is 225 g/mol. The molecule has 4 heteroatoms. The largest absolute Gasteiger partial charge is 0.495 e. The highest BCUT2D eigenvalue weighted by Gasteiger charge is 2.09. The van der Waals surface area contributed by atoms with Crippen molar-refractivity contribution in [3.63, 3.8) is 0 Å². The van der Waals surface area contributed by atoms with Gasteiger partial charge in [0.25, 0.3) is 0 Å². The molecule has 0 amide bonds. The molecule has 0 spiro atoms. The predicted octanol–water partition coefficient (Wildman–Crippen LogP) is 2.22. The maximum absolute atomic E-state index is 11.2. The second kappa shape index (κ2) is 8.71. The Hall–Kier alpha value is -1.58. The van der Waals surface area contributed by atoms with Gasteiger partial charge in [0.15, 0.2) is 0 Å². The summed E-state index contributed by atoms with van der Waals surface area (Å²) >= 11 is 0. The quantitative estimate of drug-likeness (QED) is 0.737. The van der Waals surface area contributed by atoms with Gasteiger partial charge in [0.2, 0.25) is 0 Å². The summed E-state index contributed by atoms with van der Waals surface area (Å²) in [5.74, 6) is 0.324. The van der Waals surface area contributed by atoms with Gasteiger partial charge in [-0.15, -0.1) is 0 Å². The van der Waals surface area contributed by atoms with Crippen LogP contribution in [-0.4, -0.2) is 24.7 Å². The van der Waals surface area contributed by atoms with Crippen LogP contribution in [0.25, 0.3) is 0 Å². The number of hydrogen-bond donors (Lipinski definition) is 0. The number of aromatic nitrogens is 1. The average Bonchev–Trinajstić information content (AvgIpc) is 2.32. The van der Waals surface area contributed by atoms with Gasteiger partial charge < -0.3 is 9.47 Å². The summed E-state index contributed by atoms with van der Waals surface area (Å²) in [6, 6.07) is 3.52. The van der Waals surface area contributed by atoms with E-state index in [4.69, 9.17) is 9.47 Å². The smallest absolute Gasteiger partial charge is 0.312 e. The number of pyridine rings is 1. The lowest BCUT2D eigenvalue weighted by atomic mass is 10.2. The van der Waals surface area contributed by atoms with E-state index in [2.05, 4.69) is 4.98 Å². The summed E-state index contributed by atoms with van der Waals surface area (Å²) in [5, 5.41) is 0. The van der Waals surface area contributed by atoms with Crippen LogP contribution in [0, 0.1) is 0 Å². The normalized spacial score (nSPS) is 8.75. The molecule has 0 unspecified atom stereocenters. The van der Waals surface area contributed by atoms with Crippen molar-refractivity contribution in [2.24, 2.45) is 0 Å². The zero-order chi connectivity index (χ0) is 12.4. The number of carbonyl (C=O) groups excluding carboxylic acids is 1. The van der Waals surface area contributed by atoms with Gasteiger partial charge in [-0.2, -0.15) is 0 Å². The number of rotatable bonds is 4. The Labute approximate surface area is 96.6 Å². The second-order valence-electron chi connectivity index (χ2n) is 2.63. The minimum absolute atomic E-state index is 0.151. The number of methoxy groups -OCH3 is 1. The highest BCUT2D eigenvalue weighted by Crippen LogP contribution is 2.15.